The Morgan fingerprint density at radius 2 is 2.11 bits per heavy atom. The fraction of sp³-hybridized carbons (Fsp3) is 0.438. The number of nitrogens with zero attached hydrogens (tertiary/aromatic N) is 1. The Balaban J connectivity index is 2.53. The van der Waals surface area contributed by atoms with Gasteiger partial charge >= 0.3 is 5.97 Å². The third-order valence-electron chi connectivity index (χ3n) is 2.70. The summed E-state index contributed by atoms with van der Waals surface area (Å²) in [5, 5.41) is 0. The van der Waals surface area contributed by atoms with Crippen LogP contribution in [0.3, 0.4) is 0 Å². The van der Waals surface area contributed by atoms with Gasteiger partial charge in [-0.25, -0.2) is 0 Å². The van der Waals surface area contributed by atoms with Crippen LogP contribution in [-0.4, -0.2) is 30.6 Å². The van der Waals surface area contributed by atoms with Gasteiger partial charge in [0.05, 0.1) is 13.2 Å². The van der Waals surface area contributed by atoms with Gasteiger partial charge in [-0.2, -0.15) is 0 Å². The number of benzene rings is 1. The number of hydrogen-bond acceptors (Lipinski definition) is 3. The molecule has 0 heterocycles. The number of terminal acetylenes is 1. The van der Waals surface area contributed by atoms with E-state index in [1.165, 1.54) is 5.56 Å². The number of ether oxygens (including phenoxy) is 1. The van der Waals surface area contributed by atoms with Crippen molar-refractivity contribution in [3.05, 3.63) is 35.9 Å². The topological polar surface area (TPSA) is 29.5 Å². The molecule has 0 spiro atoms. The highest BCUT2D eigenvalue weighted by atomic mass is 16.5. The van der Waals surface area contributed by atoms with E-state index in [4.69, 9.17) is 11.2 Å². The Kier molecular flexibility index (Phi) is 7.38. The van der Waals surface area contributed by atoms with Gasteiger partial charge in [-0.1, -0.05) is 30.3 Å². The fourth-order valence-electron chi connectivity index (χ4n) is 1.85. The van der Waals surface area contributed by atoms with Crippen LogP contribution < -0.4 is 0 Å². The zero-order valence-electron chi connectivity index (χ0n) is 11.5. The molecule has 1 aromatic carbocycles. The van der Waals surface area contributed by atoms with E-state index in [0.717, 1.165) is 25.9 Å². The van der Waals surface area contributed by atoms with Crippen LogP contribution in [0.25, 0.3) is 0 Å². The molecule has 0 aliphatic carbocycles. The third-order valence-corrected chi connectivity index (χ3v) is 2.70. The molecule has 102 valence electrons. The van der Waals surface area contributed by atoms with Crippen LogP contribution in [0.5, 0.6) is 0 Å². The summed E-state index contributed by atoms with van der Waals surface area (Å²) in [6.07, 6.45) is 6.88. The SMILES string of the molecule is C#CCCCN(CC(=O)OCC)Cc1ccccc1. The van der Waals surface area contributed by atoms with Crippen molar-refractivity contribution in [2.45, 2.75) is 26.3 Å². The van der Waals surface area contributed by atoms with Crippen LogP contribution in [0.4, 0.5) is 0 Å². The van der Waals surface area contributed by atoms with Crippen molar-refractivity contribution in [2.75, 3.05) is 19.7 Å². The highest BCUT2D eigenvalue weighted by Gasteiger charge is 2.11. The molecule has 0 N–H and O–H groups in total. The molecule has 0 fully saturated rings. The largest absolute Gasteiger partial charge is 0.465 e. The van der Waals surface area contributed by atoms with Crippen LogP contribution in [0.15, 0.2) is 30.3 Å². The first-order chi connectivity index (χ1) is 9.26. The average Bonchev–Trinajstić information content (AvgIpc) is 2.40. The number of carbonyl (C=O) groups excluding carboxylic acids is 1. The molecule has 0 unspecified atom stereocenters. The van der Waals surface area contributed by atoms with Crippen LogP contribution in [-0.2, 0) is 16.1 Å². The van der Waals surface area contributed by atoms with Crippen molar-refractivity contribution in [2.24, 2.45) is 0 Å². The Morgan fingerprint density at radius 1 is 1.37 bits per heavy atom. The van der Waals surface area contributed by atoms with Crippen LogP contribution in [0, 0.1) is 12.3 Å². The average molecular weight is 259 g/mol. The van der Waals surface area contributed by atoms with Crippen LogP contribution >= 0.6 is 0 Å². The summed E-state index contributed by atoms with van der Waals surface area (Å²) in [4.78, 5) is 13.6. The first kappa shape index (κ1) is 15.3. The van der Waals surface area contributed by atoms with Gasteiger partial charge in [-0.3, -0.25) is 9.69 Å². The number of rotatable bonds is 8. The van der Waals surface area contributed by atoms with E-state index in [1.807, 2.05) is 25.1 Å². The summed E-state index contributed by atoms with van der Waals surface area (Å²) >= 11 is 0. The first-order valence-electron chi connectivity index (χ1n) is 6.61. The van der Waals surface area contributed by atoms with E-state index in [1.54, 1.807) is 0 Å². The molecule has 0 aliphatic rings. The molecular formula is C16H21NO2. The van der Waals surface area contributed by atoms with Gasteiger partial charge in [-0.05, 0) is 25.5 Å². The van der Waals surface area contributed by atoms with Gasteiger partial charge in [0.1, 0.15) is 0 Å². The maximum atomic E-state index is 11.6. The third kappa shape index (κ3) is 6.64. The van der Waals surface area contributed by atoms with Gasteiger partial charge in [0, 0.05) is 13.0 Å². The highest BCUT2D eigenvalue weighted by molar-refractivity contribution is 5.71. The quantitative estimate of drug-likeness (QED) is 0.408. The lowest BCUT2D eigenvalue weighted by molar-refractivity contribution is -0.144. The smallest absolute Gasteiger partial charge is 0.320 e. The Hall–Kier alpha value is -1.79. The van der Waals surface area contributed by atoms with E-state index in [2.05, 4.69) is 23.0 Å². The predicted octanol–water partition coefficient (Wildman–Crippen LogP) is 2.47. The predicted molar refractivity (Wildman–Crippen MR) is 76.4 cm³/mol. The minimum absolute atomic E-state index is 0.181. The van der Waals surface area contributed by atoms with Gasteiger partial charge in [0.15, 0.2) is 0 Å². The van der Waals surface area contributed by atoms with Gasteiger partial charge < -0.3 is 4.74 Å². The second-order valence-electron chi connectivity index (χ2n) is 4.31. The van der Waals surface area contributed by atoms with E-state index >= 15 is 0 Å². The van der Waals surface area contributed by atoms with E-state index < -0.39 is 0 Å². The molecule has 0 bridgehead atoms. The molecule has 0 saturated heterocycles. The highest BCUT2D eigenvalue weighted by Crippen LogP contribution is 2.06. The molecule has 3 heteroatoms. The molecule has 0 radical (unpaired) electrons. The summed E-state index contributed by atoms with van der Waals surface area (Å²) < 4.78 is 5.00. The maximum absolute atomic E-state index is 11.6. The summed E-state index contributed by atoms with van der Waals surface area (Å²) in [6, 6.07) is 10.1. The standard InChI is InChI=1S/C16H21NO2/c1-3-5-9-12-17(14-16(18)19-4-2)13-15-10-7-6-8-11-15/h1,6-8,10-11H,4-5,9,12-14H2,2H3. The number of unbranched alkanes of at least 4 members (excludes halogenated alkanes) is 1. The Bertz CT molecular complexity index is 409. The number of carbonyl (C=O) groups is 1. The lowest BCUT2D eigenvalue weighted by Gasteiger charge is -2.21. The van der Waals surface area contributed by atoms with E-state index in [-0.39, 0.29) is 5.97 Å². The minimum atomic E-state index is -0.181. The molecule has 1 rings (SSSR count). The normalized spacial score (nSPS) is 10.2. The van der Waals surface area contributed by atoms with E-state index in [9.17, 15) is 4.79 Å². The molecule has 0 saturated carbocycles. The van der Waals surface area contributed by atoms with Crippen molar-refractivity contribution in [3.8, 4) is 12.3 Å². The molecule has 0 atom stereocenters. The molecule has 0 aliphatic heterocycles. The maximum Gasteiger partial charge on any atom is 0.320 e. The van der Waals surface area contributed by atoms with Crippen molar-refractivity contribution in [3.63, 3.8) is 0 Å². The molecule has 1 aromatic rings. The van der Waals surface area contributed by atoms with Crippen molar-refractivity contribution < 1.29 is 9.53 Å². The van der Waals surface area contributed by atoms with Gasteiger partial charge in [0.25, 0.3) is 0 Å². The van der Waals surface area contributed by atoms with Crippen molar-refractivity contribution >= 4 is 5.97 Å². The minimum Gasteiger partial charge on any atom is -0.465 e. The summed E-state index contributed by atoms with van der Waals surface area (Å²) in [6.45, 7) is 4.09. The molecule has 0 aromatic heterocycles. The molecular weight excluding hydrogens is 238 g/mol. The Morgan fingerprint density at radius 3 is 2.74 bits per heavy atom. The molecule has 3 nitrogen and oxygen atoms in total. The van der Waals surface area contributed by atoms with Gasteiger partial charge in [-0.15, -0.1) is 12.3 Å². The number of esters is 1. The summed E-state index contributed by atoms with van der Waals surface area (Å²) in [5.74, 6) is 2.44. The van der Waals surface area contributed by atoms with E-state index in [0.29, 0.717) is 13.2 Å². The first-order valence-corrected chi connectivity index (χ1v) is 6.61. The second kappa shape index (κ2) is 9.18. The zero-order valence-corrected chi connectivity index (χ0v) is 11.5. The fourth-order valence-corrected chi connectivity index (χ4v) is 1.85. The van der Waals surface area contributed by atoms with Gasteiger partial charge in [0.2, 0.25) is 0 Å². The number of hydrogen-bond donors (Lipinski definition) is 0. The van der Waals surface area contributed by atoms with Crippen LogP contribution in [0.2, 0.25) is 0 Å². The Labute approximate surface area is 115 Å². The summed E-state index contributed by atoms with van der Waals surface area (Å²) in [7, 11) is 0. The summed E-state index contributed by atoms with van der Waals surface area (Å²) in [5.41, 5.74) is 1.19. The molecule has 0 amide bonds. The zero-order chi connectivity index (χ0) is 13.9. The lowest BCUT2D eigenvalue weighted by atomic mass is 10.2. The second-order valence-corrected chi connectivity index (χ2v) is 4.31. The lowest BCUT2D eigenvalue weighted by Crippen LogP contribution is -2.31. The molecule has 19 heavy (non-hydrogen) atoms. The van der Waals surface area contributed by atoms with Crippen LogP contribution in [0.1, 0.15) is 25.3 Å². The van der Waals surface area contributed by atoms with Crippen molar-refractivity contribution in [1.82, 2.24) is 4.90 Å². The van der Waals surface area contributed by atoms with Crippen molar-refractivity contribution in [1.29, 1.82) is 0 Å². The monoisotopic (exact) mass is 259 g/mol.